The third kappa shape index (κ3) is 4.41. The largest absolute Gasteiger partial charge is 0.477 e. The Labute approximate surface area is 125 Å². The Kier molecular flexibility index (Phi) is 5.22. The summed E-state index contributed by atoms with van der Waals surface area (Å²) in [5.41, 5.74) is -0.241. The number of nitrogens with zero attached hydrogens (tertiary/aromatic N) is 1. The second kappa shape index (κ2) is 6.75. The number of rotatable bonds is 5. The fraction of sp³-hybridized carbons (Fsp3) is 0.867. The SMILES string of the molecule is CCOC(=O)[C@H](CC1OCCO1)C1=NC(C)(C)C[C@@H](C)O1. The van der Waals surface area contributed by atoms with Crippen molar-refractivity contribution >= 4 is 11.9 Å². The molecule has 1 fully saturated rings. The van der Waals surface area contributed by atoms with Crippen LogP contribution in [0.1, 0.15) is 40.5 Å². The van der Waals surface area contributed by atoms with Crippen LogP contribution in [0.5, 0.6) is 0 Å². The first-order valence-electron chi connectivity index (χ1n) is 7.57. The summed E-state index contributed by atoms with van der Waals surface area (Å²) in [5.74, 6) is -0.466. The maximum atomic E-state index is 12.3. The molecule has 0 aromatic heterocycles. The second-order valence-corrected chi connectivity index (χ2v) is 6.11. The summed E-state index contributed by atoms with van der Waals surface area (Å²) in [5, 5.41) is 0. The van der Waals surface area contributed by atoms with Crippen molar-refractivity contribution in [2.75, 3.05) is 19.8 Å². The molecule has 2 rings (SSSR count). The Hall–Kier alpha value is -1.14. The smallest absolute Gasteiger partial charge is 0.318 e. The highest BCUT2D eigenvalue weighted by Crippen LogP contribution is 2.28. The van der Waals surface area contributed by atoms with E-state index < -0.39 is 12.2 Å². The Bertz CT molecular complexity index is 401. The molecule has 2 atom stereocenters. The minimum atomic E-state index is -0.574. The summed E-state index contributed by atoms with van der Waals surface area (Å²) < 4.78 is 21.8. The molecule has 0 bridgehead atoms. The monoisotopic (exact) mass is 299 g/mol. The topological polar surface area (TPSA) is 66.4 Å². The molecule has 0 N–H and O–H groups in total. The van der Waals surface area contributed by atoms with Gasteiger partial charge in [0.1, 0.15) is 5.92 Å². The molecule has 0 amide bonds. The molecule has 2 aliphatic heterocycles. The Morgan fingerprint density at radius 3 is 2.67 bits per heavy atom. The number of ether oxygens (including phenoxy) is 4. The summed E-state index contributed by atoms with van der Waals surface area (Å²) in [6.07, 6.45) is 0.823. The third-order valence-corrected chi connectivity index (χ3v) is 3.51. The van der Waals surface area contributed by atoms with Gasteiger partial charge in [0, 0.05) is 12.8 Å². The molecule has 0 aliphatic carbocycles. The lowest BCUT2D eigenvalue weighted by atomic mass is 9.94. The average molecular weight is 299 g/mol. The van der Waals surface area contributed by atoms with E-state index in [0.29, 0.717) is 32.1 Å². The van der Waals surface area contributed by atoms with Crippen molar-refractivity contribution in [2.45, 2.75) is 58.5 Å². The molecule has 1 saturated heterocycles. The zero-order chi connectivity index (χ0) is 15.5. The molecular weight excluding hydrogens is 274 g/mol. The number of carbonyl (C=O) groups excluding carboxylic acids is 1. The van der Waals surface area contributed by atoms with E-state index in [2.05, 4.69) is 4.99 Å². The van der Waals surface area contributed by atoms with Crippen LogP contribution in [0.2, 0.25) is 0 Å². The van der Waals surface area contributed by atoms with Crippen LogP contribution in [0.3, 0.4) is 0 Å². The standard InChI is InChI=1S/C15H25NO5/c1-5-18-14(17)11(8-12-19-6-7-20-12)13-16-15(3,4)9-10(2)21-13/h10-12H,5-9H2,1-4H3/t10-,11-/m1/s1. The number of esters is 1. The van der Waals surface area contributed by atoms with Crippen LogP contribution in [-0.4, -0.2) is 49.6 Å². The quantitative estimate of drug-likeness (QED) is 0.726. The summed E-state index contributed by atoms with van der Waals surface area (Å²) >= 11 is 0. The minimum absolute atomic E-state index is 0.0230. The highest BCUT2D eigenvalue weighted by atomic mass is 16.7. The first-order chi connectivity index (χ1) is 9.91. The maximum absolute atomic E-state index is 12.3. The number of hydrogen-bond acceptors (Lipinski definition) is 6. The molecule has 0 radical (unpaired) electrons. The van der Waals surface area contributed by atoms with Gasteiger partial charge in [-0.1, -0.05) is 0 Å². The molecule has 0 spiro atoms. The van der Waals surface area contributed by atoms with Gasteiger partial charge in [0.2, 0.25) is 0 Å². The third-order valence-electron chi connectivity index (χ3n) is 3.51. The lowest BCUT2D eigenvalue weighted by Gasteiger charge is -2.34. The van der Waals surface area contributed by atoms with Crippen LogP contribution in [0.15, 0.2) is 4.99 Å². The highest BCUT2D eigenvalue weighted by molar-refractivity contribution is 5.98. The Balaban J connectivity index is 2.16. The summed E-state index contributed by atoms with van der Waals surface area (Å²) in [6.45, 7) is 9.28. The van der Waals surface area contributed by atoms with Crippen molar-refractivity contribution in [1.29, 1.82) is 0 Å². The van der Waals surface area contributed by atoms with E-state index in [1.165, 1.54) is 0 Å². The summed E-state index contributed by atoms with van der Waals surface area (Å²) in [4.78, 5) is 16.8. The molecule has 6 heteroatoms. The first kappa shape index (κ1) is 16.2. The first-order valence-corrected chi connectivity index (χ1v) is 7.57. The van der Waals surface area contributed by atoms with Crippen LogP contribution in [0.25, 0.3) is 0 Å². The van der Waals surface area contributed by atoms with E-state index in [-0.39, 0.29) is 17.6 Å². The molecule has 0 aromatic carbocycles. The van der Waals surface area contributed by atoms with E-state index in [9.17, 15) is 4.79 Å². The lowest BCUT2D eigenvalue weighted by molar-refractivity contribution is -0.149. The molecule has 0 aromatic rings. The van der Waals surface area contributed by atoms with E-state index in [0.717, 1.165) is 6.42 Å². The fourth-order valence-corrected chi connectivity index (χ4v) is 2.76. The van der Waals surface area contributed by atoms with Crippen molar-refractivity contribution in [3.63, 3.8) is 0 Å². The molecule has 120 valence electrons. The average Bonchev–Trinajstić information content (AvgIpc) is 2.86. The van der Waals surface area contributed by atoms with E-state index >= 15 is 0 Å². The molecule has 0 saturated carbocycles. The van der Waals surface area contributed by atoms with Crippen molar-refractivity contribution in [3.05, 3.63) is 0 Å². The van der Waals surface area contributed by atoms with Gasteiger partial charge in [-0.3, -0.25) is 4.79 Å². The van der Waals surface area contributed by atoms with Crippen molar-refractivity contribution < 1.29 is 23.7 Å². The fourth-order valence-electron chi connectivity index (χ4n) is 2.76. The molecular formula is C15H25NO5. The van der Waals surface area contributed by atoms with E-state index in [4.69, 9.17) is 18.9 Å². The number of carbonyl (C=O) groups is 1. The van der Waals surface area contributed by atoms with Crippen molar-refractivity contribution in [2.24, 2.45) is 10.9 Å². The predicted molar refractivity (Wildman–Crippen MR) is 77.1 cm³/mol. The van der Waals surface area contributed by atoms with Crippen molar-refractivity contribution in [1.82, 2.24) is 0 Å². The molecule has 6 nitrogen and oxygen atoms in total. The Morgan fingerprint density at radius 2 is 2.10 bits per heavy atom. The van der Waals surface area contributed by atoms with Gasteiger partial charge in [0.15, 0.2) is 12.2 Å². The van der Waals surface area contributed by atoms with Crippen LogP contribution < -0.4 is 0 Å². The highest BCUT2D eigenvalue weighted by Gasteiger charge is 2.38. The molecule has 2 aliphatic rings. The zero-order valence-corrected chi connectivity index (χ0v) is 13.3. The maximum Gasteiger partial charge on any atom is 0.318 e. The van der Waals surface area contributed by atoms with Crippen LogP contribution in [0.4, 0.5) is 0 Å². The second-order valence-electron chi connectivity index (χ2n) is 6.11. The summed E-state index contributed by atoms with van der Waals surface area (Å²) in [6, 6.07) is 0. The molecule has 21 heavy (non-hydrogen) atoms. The Morgan fingerprint density at radius 1 is 1.43 bits per heavy atom. The molecule has 2 heterocycles. The van der Waals surface area contributed by atoms with Gasteiger partial charge in [-0.05, 0) is 27.7 Å². The predicted octanol–water partition coefficient (Wildman–Crippen LogP) is 1.91. The minimum Gasteiger partial charge on any atom is -0.477 e. The van der Waals surface area contributed by atoms with Crippen LogP contribution >= 0.6 is 0 Å². The van der Waals surface area contributed by atoms with Crippen molar-refractivity contribution in [3.8, 4) is 0 Å². The van der Waals surface area contributed by atoms with Gasteiger partial charge < -0.3 is 18.9 Å². The van der Waals surface area contributed by atoms with Gasteiger partial charge >= 0.3 is 5.97 Å². The molecule has 0 unspecified atom stereocenters. The van der Waals surface area contributed by atoms with Gasteiger partial charge in [-0.2, -0.15) is 0 Å². The van der Waals surface area contributed by atoms with Gasteiger partial charge in [-0.15, -0.1) is 0 Å². The number of aliphatic imine (C=N–C) groups is 1. The lowest BCUT2D eigenvalue weighted by Crippen LogP contribution is -2.41. The van der Waals surface area contributed by atoms with Crippen LogP contribution in [0, 0.1) is 5.92 Å². The number of hydrogen-bond donors (Lipinski definition) is 0. The van der Waals surface area contributed by atoms with Crippen LogP contribution in [-0.2, 0) is 23.7 Å². The van der Waals surface area contributed by atoms with E-state index in [1.54, 1.807) is 6.92 Å². The van der Waals surface area contributed by atoms with Gasteiger partial charge in [-0.25, -0.2) is 4.99 Å². The van der Waals surface area contributed by atoms with E-state index in [1.807, 2.05) is 20.8 Å². The normalized spacial score (nSPS) is 26.9. The van der Waals surface area contributed by atoms with Gasteiger partial charge in [0.05, 0.1) is 31.5 Å². The van der Waals surface area contributed by atoms with Gasteiger partial charge in [0.25, 0.3) is 0 Å². The zero-order valence-electron chi connectivity index (χ0n) is 13.3. The summed E-state index contributed by atoms with van der Waals surface area (Å²) in [7, 11) is 0.